The molecule has 3 aromatic rings. The van der Waals surface area contributed by atoms with E-state index >= 15 is 0 Å². The highest BCUT2D eigenvalue weighted by atomic mass is 16.5. The van der Waals surface area contributed by atoms with Gasteiger partial charge in [0.25, 0.3) is 0 Å². The lowest BCUT2D eigenvalue weighted by Crippen LogP contribution is -2.48. The number of carbonyl (C=O) groups is 1. The van der Waals surface area contributed by atoms with Crippen molar-refractivity contribution in [1.82, 2.24) is 19.9 Å². The summed E-state index contributed by atoms with van der Waals surface area (Å²) in [7, 11) is 0. The minimum atomic E-state index is 0.123. The zero-order chi connectivity index (χ0) is 20.9. The lowest BCUT2D eigenvalue weighted by atomic mass is 10.1. The number of aromatic nitrogens is 2. The number of phenols is 1. The van der Waals surface area contributed by atoms with Gasteiger partial charge in [0.05, 0.1) is 6.54 Å². The van der Waals surface area contributed by atoms with Crippen molar-refractivity contribution in [2.45, 2.75) is 26.3 Å². The molecule has 30 heavy (non-hydrogen) atoms. The second kappa shape index (κ2) is 9.09. The van der Waals surface area contributed by atoms with E-state index in [0.717, 1.165) is 29.8 Å². The summed E-state index contributed by atoms with van der Waals surface area (Å²) in [5.41, 5.74) is 2.90. The van der Waals surface area contributed by atoms with E-state index in [1.165, 1.54) is 0 Å². The molecule has 1 saturated heterocycles. The highest BCUT2D eigenvalue weighted by Gasteiger charge is 2.23. The average Bonchev–Trinajstić information content (AvgIpc) is 3.22. The number of nitrogens with zero attached hydrogens (tertiary/aromatic N) is 4. The van der Waals surface area contributed by atoms with Crippen LogP contribution in [-0.4, -0.2) is 57.1 Å². The van der Waals surface area contributed by atoms with Crippen molar-refractivity contribution in [3.63, 3.8) is 0 Å². The largest absolute Gasteiger partial charge is 0.508 e. The average molecular weight is 406 g/mol. The molecule has 0 aliphatic carbocycles. The monoisotopic (exact) mass is 406 g/mol. The van der Waals surface area contributed by atoms with Crippen molar-refractivity contribution >= 4 is 5.91 Å². The Bertz CT molecular complexity index is 1010. The van der Waals surface area contributed by atoms with Crippen LogP contribution in [0.2, 0.25) is 0 Å². The van der Waals surface area contributed by atoms with Crippen LogP contribution in [0, 0.1) is 6.92 Å². The van der Waals surface area contributed by atoms with Crippen LogP contribution in [0.1, 0.15) is 23.4 Å². The number of carbonyl (C=O) groups excluding carboxylic acids is 1. The number of hydrogen-bond acceptors (Lipinski definition) is 6. The first kappa shape index (κ1) is 20.1. The maximum atomic E-state index is 12.5. The number of hydrogen-bond donors (Lipinski definition) is 1. The van der Waals surface area contributed by atoms with E-state index < -0.39 is 0 Å². The van der Waals surface area contributed by atoms with Crippen molar-refractivity contribution in [2.75, 3.05) is 26.2 Å². The van der Waals surface area contributed by atoms with Crippen LogP contribution in [-0.2, 0) is 17.8 Å². The number of aryl methyl sites for hydroxylation is 2. The fourth-order valence-corrected chi connectivity index (χ4v) is 3.72. The fraction of sp³-hybridized carbons (Fsp3) is 0.348. The molecule has 0 atom stereocenters. The Morgan fingerprint density at radius 2 is 1.80 bits per heavy atom. The van der Waals surface area contributed by atoms with Gasteiger partial charge in [-0.2, -0.15) is 4.98 Å². The van der Waals surface area contributed by atoms with Crippen LogP contribution in [0.25, 0.3) is 11.4 Å². The van der Waals surface area contributed by atoms with Gasteiger partial charge in [0.15, 0.2) is 0 Å². The zero-order valence-electron chi connectivity index (χ0n) is 17.1. The molecule has 156 valence electrons. The lowest BCUT2D eigenvalue weighted by Gasteiger charge is -2.34. The van der Waals surface area contributed by atoms with E-state index in [4.69, 9.17) is 4.52 Å². The summed E-state index contributed by atoms with van der Waals surface area (Å²) in [4.78, 5) is 21.2. The molecule has 1 aliphatic heterocycles. The first-order chi connectivity index (χ1) is 14.6. The normalized spacial score (nSPS) is 14.8. The lowest BCUT2D eigenvalue weighted by molar-refractivity contribution is -0.133. The molecule has 0 saturated carbocycles. The van der Waals surface area contributed by atoms with E-state index in [-0.39, 0.29) is 11.7 Å². The Labute approximate surface area is 175 Å². The molecule has 1 amide bonds. The number of para-hydroxylation sites is 1. The molecular weight excluding hydrogens is 380 g/mol. The number of amides is 1. The summed E-state index contributed by atoms with van der Waals surface area (Å²) in [6.45, 7) is 5.51. The third-order valence-corrected chi connectivity index (χ3v) is 5.54. The molecule has 1 fully saturated rings. The molecule has 0 bridgehead atoms. The van der Waals surface area contributed by atoms with Crippen molar-refractivity contribution in [3.05, 3.63) is 65.5 Å². The molecule has 1 N–H and O–H groups in total. The van der Waals surface area contributed by atoms with Crippen molar-refractivity contribution in [3.8, 4) is 17.1 Å². The maximum Gasteiger partial charge on any atom is 0.241 e. The second-order valence-electron chi connectivity index (χ2n) is 7.61. The minimum absolute atomic E-state index is 0.123. The highest BCUT2D eigenvalue weighted by Crippen LogP contribution is 2.21. The van der Waals surface area contributed by atoms with Gasteiger partial charge in [0.2, 0.25) is 17.6 Å². The van der Waals surface area contributed by atoms with Crippen LogP contribution < -0.4 is 0 Å². The number of aromatic hydroxyl groups is 1. The zero-order valence-corrected chi connectivity index (χ0v) is 17.1. The standard InChI is InChI=1S/C23H26N4O3/c1-17-6-2-4-8-19(17)23-24-21(30-25-23)16-26-12-14-27(15-13-26)22(29)11-10-18-7-3-5-9-20(18)28/h2-9,28H,10-16H2,1H3. The summed E-state index contributed by atoms with van der Waals surface area (Å²) in [5.74, 6) is 1.57. The van der Waals surface area contributed by atoms with Crippen LogP contribution in [0.15, 0.2) is 53.1 Å². The third-order valence-electron chi connectivity index (χ3n) is 5.54. The molecule has 7 nitrogen and oxygen atoms in total. The number of piperazine rings is 1. The number of rotatable bonds is 6. The van der Waals surface area contributed by atoms with Gasteiger partial charge in [-0.1, -0.05) is 47.6 Å². The van der Waals surface area contributed by atoms with Gasteiger partial charge in [-0.3, -0.25) is 9.69 Å². The molecule has 0 unspecified atom stereocenters. The Balaban J connectivity index is 1.26. The Morgan fingerprint density at radius 3 is 2.57 bits per heavy atom. The minimum Gasteiger partial charge on any atom is -0.508 e. The highest BCUT2D eigenvalue weighted by molar-refractivity contribution is 5.76. The summed E-state index contributed by atoms with van der Waals surface area (Å²) >= 11 is 0. The quantitative estimate of drug-likeness (QED) is 0.678. The van der Waals surface area contributed by atoms with Gasteiger partial charge in [-0.05, 0) is 30.5 Å². The van der Waals surface area contributed by atoms with Gasteiger partial charge < -0.3 is 14.5 Å². The van der Waals surface area contributed by atoms with Gasteiger partial charge in [0.1, 0.15) is 5.75 Å². The van der Waals surface area contributed by atoms with Crippen molar-refractivity contribution in [2.24, 2.45) is 0 Å². The van der Waals surface area contributed by atoms with E-state index in [2.05, 4.69) is 15.0 Å². The molecular formula is C23H26N4O3. The van der Waals surface area contributed by atoms with E-state index in [1.54, 1.807) is 12.1 Å². The van der Waals surface area contributed by atoms with E-state index in [9.17, 15) is 9.90 Å². The van der Waals surface area contributed by atoms with Crippen LogP contribution in [0.5, 0.6) is 5.75 Å². The SMILES string of the molecule is Cc1ccccc1-c1noc(CN2CCN(C(=O)CCc3ccccc3O)CC2)n1. The second-order valence-corrected chi connectivity index (χ2v) is 7.61. The summed E-state index contributed by atoms with van der Waals surface area (Å²) in [6.07, 6.45) is 0.955. The Morgan fingerprint density at radius 1 is 1.07 bits per heavy atom. The fourth-order valence-electron chi connectivity index (χ4n) is 3.72. The molecule has 2 aromatic carbocycles. The van der Waals surface area contributed by atoms with Gasteiger partial charge >= 0.3 is 0 Å². The molecule has 1 aliphatic rings. The first-order valence-corrected chi connectivity index (χ1v) is 10.3. The van der Waals surface area contributed by atoms with Crippen molar-refractivity contribution in [1.29, 1.82) is 0 Å². The molecule has 0 spiro atoms. The number of benzene rings is 2. The predicted octanol–water partition coefficient (Wildman–Crippen LogP) is 3.03. The summed E-state index contributed by atoms with van der Waals surface area (Å²) < 4.78 is 5.44. The number of phenolic OH excluding ortho intramolecular Hbond substituents is 1. The molecule has 2 heterocycles. The Kier molecular flexibility index (Phi) is 6.09. The van der Waals surface area contributed by atoms with Crippen molar-refractivity contribution < 1.29 is 14.4 Å². The van der Waals surface area contributed by atoms with Crippen LogP contribution in [0.4, 0.5) is 0 Å². The smallest absolute Gasteiger partial charge is 0.241 e. The first-order valence-electron chi connectivity index (χ1n) is 10.3. The Hall–Kier alpha value is -3.19. The maximum absolute atomic E-state index is 12.5. The summed E-state index contributed by atoms with van der Waals surface area (Å²) in [6, 6.07) is 15.1. The molecule has 1 aromatic heterocycles. The molecule has 7 heteroatoms. The summed E-state index contributed by atoms with van der Waals surface area (Å²) in [5, 5.41) is 14.0. The van der Waals surface area contributed by atoms with Gasteiger partial charge in [-0.25, -0.2) is 0 Å². The topological polar surface area (TPSA) is 82.7 Å². The van der Waals surface area contributed by atoms with Crippen LogP contribution in [0.3, 0.4) is 0 Å². The van der Waals surface area contributed by atoms with E-state index in [1.807, 2.05) is 48.2 Å². The van der Waals surface area contributed by atoms with Crippen LogP contribution >= 0.6 is 0 Å². The van der Waals surface area contributed by atoms with Gasteiger partial charge in [0, 0.05) is 38.2 Å². The predicted molar refractivity (Wildman–Crippen MR) is 113 cm³/mol. The van der Waals surface area contributed by atoms with Gasteiger partial charge in [-0.15, -0.1) is 0 Å². The molecule has 0 radical (unpaired) electrons. The molecule has 4 rings (SSSR count). The third kappa shape index (κ3) is 4.68. The van der Waals surface area contributed by atoms with E-state index in [0.29, 0.717) is 44.2 Å².